The maximum absolute atomic E-state index is 12.6. The molecule has 11 heteroatoms. The summed E-state index contributed by atoms with van der Waals surface area (Å²) < 4.78 is 32.7. The van der Waals surface area contributed by atoms with Gasteiger partial charge in [-0.1, -0.05) is 164 Å². The van der Waals surface area contributed by atoms with Gasteiger partial charge in [-0.25, -0.2) is 4.57 Å². The topological polar surface area (TPSA) is 155 Å². The Morgan fingerprint density at radius 2 is 1.12 bits per heavy atom. The van der Waals surface area contributed by atoms with Crippen LogP contribution >= 0.6 is 7.82 Å². The van der Waals surface area contributed by atoms with E-state index >= 15 is 0 Å². The van der Waals surface area contributed by atoms with Gasteiger partial charge in [0.2, 0.25) is 0 Å². The summed E-state index contributed by atoms with van der Waals surface area (Å²) in [6.45, 7) is 3.53. The second kappa shape index (κ2) is 42.8. The number of aliphatic hydroxyl groups is 1. The van der Waals surface area contributed by atoms with Gasteiger partial charge in [0, 0.05) is 19.4 Å². The van der Waals surface area contributed by atoms with Crippen LogP contribution in [-0.4, -0.2) is 60.5 Å². The van der Waals surface area contributed by atoms with Gasteiger partial charge in [0.25, 0.3) is 0 Å². The van der Waals surface area contributed by atoms with Gasteiger partial charge in [-0.2, -0.15) is 0 Å². The lowest BCUT2D eigenvalue weighted by Gasteiger charge is -2.19. The molecule has 3 atom stereocenters. The van der Waals surface area contributed by atoms with E-state index < -0.39 is 38.6 Å². The number of unbranched alkanes of at least 4 members (excludes halogenated alkanes) is 19. The smallest absolute Gasteiger partial charge is 0.462 e. The van der Waals surface area contributed by atoms with Crippen molar-refractivity contribution in [3.05, 3.63) is 60.8 Å². The maximum atomic E-state index is 12.6. The Hall–Kier alpha value is -2.33. The van der Waals surface area contributed by atoms with Crippen molar-refractivity contribution in [1.82, 2.24) is 0 Å². The van der Waals surface area contributed by atoms with Crippen LogP contribution in [0.1, 0.15) is 187 Å². The second-order valence-electron chi connectivity index (χ2n) is 15.1. The molecule has 0 aliphatic heterocycles. The molecule has 336 valence electrons. The van der Waals surface area contributed by atoms with Gasteiger partial charge in [-0.05, 0) is 70.6 Å². The maximum Gasteiger partial charge on any atom is 0.472 e. The number of hydrogen-bond donors (Lipinski definition) is 3. The summed E-state index contributed by atoms with van der Waals surface area (Å²) in [5, 5.41) is 10.1. The largest absolute Gasteiger partial charge is 0.472 e. The second-order valence-corrected chi connectivity index (χ2v) is 16.6. The lowest BCUT2D eigenvalue weighted by Crippen LogP contribution is -2.29. The molecular formula is C47H84NO9P. The standard InChI is InChI=1S/C47H84NO9P/c1-3-5-7-9-11-13-14-15-16-17-18-19-20-21-22-24-26-30-34-38-46(50)54-42-45(43-56-58(52,53)55-41-40-48)57-47(51)39-35-31-27-29-33-37-44(49)36-32-28-25-23-12-10-8-6-4-2/h12,15-16,23,27-29,32-33,37,44-45,49H,3-11,13-14,17-22,24-26,30-31,34-36,38-43,48H2,1-2H3,(H,52,53)/b16-15-,23-12-,29-27+,32-28-,37-33-/t44?,45-/m1/s1. The monoisotopic (exact) mass is 838 g/mol. The Bertz CT molecular complexity index is 1150. The van der Waals surface area contributed by atoms with Crippen molar-refractivity contribution in [3.8, 4) is 0 Å². The summed E-state index contributed by atoms with van der Waals surface area (Å²) >= 11 is 0. The number of allylic oxidation sites excluding steroid dienone is 8. The lowest BCUT2D eigenvalue weighted by atomic mass is 10.1. The quantitative estimate of drug-likeness (QED) is 0.0178. The van der Waals surface area contributed by atoms with Crippen LogP contribution in [0.4, 0.5) is 0 Å². The summed E-state index contributed by atoms with van der Waals surface area (Å²) in [4.78, 5) is 34.9. The Morgan fingerprint density at radius 1 is 0.603 bits per heavy atom. The number of phosphoric acid groups is 1. The third kappa shape index (κ3) is 41.8. The zero-order valence-electron chi connectivity index (χ0n) is 36.6. The molecule has 0 fully saturated rings. The predicted molar refractivity (Wildman–Crippen MR) is 239 cm³/mol. The van der Waals surface area contributed by atoms with Crippen molar-refractivity contribution in [1.29, 1.82) is 0 Å². The molecule has 0 aliphatic carbocycles. The van der Waals surface area contributed by atoms with Crippen LogP contribution in [0.5, 0.6) is 0 Å². The zero-order chi connectivity index (χ0) is 42.6. The van der Waals surface area contributed by atoms with Gasteiger partial charge in [0.15, 0.2) is 6.10 Å². The highest BCUT2D eigenvalue weighted by Gasteiger charge is 2.26. The van der Waals surface area contributed by atoms with E-state index in [1.165, 1.54) is 103 Å². The normalized spacial score (nSPS) is 14.4. The van der Waals surface area contributed by atoms with Crippen molar-refractivity contribution in [2.75, 3.05) is 26.4 Å². The lowest BCUT2D eigenvalue weighted by molar-refractivity contribution is -0.161. The van der Waals surface area contributed by atoms with Crippen LogP contribution in [0.15, 0.2) is 60.8 Å². The summed E-state index contributed by atoms with van der Waals surface area (Å²) in [6.07, 6.45) is 47.1. The van der Waals surface area contributed by atoms with Gasteiger partial charge in [0.1, 0.15) is 6.61 Å². The Kier molecular flexibility index (Phi) is 41.1. The predicted octanol–water partition coefficient (Wildman–Crippen LogP) is 12.2. The number of carbonyl (C=O) groups excluding carboxylic acids is 2. The van der Waals surface area contributed by atoms with Crippen molar-refractivity contribution >= 4 is 19.8 Å². The van der Waals surface area contributed by atoms with E-state index in [0.29, 0.717) is 25.7 Å². The van der Waals surface area contributed by atoms with E-state index in [9.17, 15) is 24.2 Å². The molecule has 0 spiro atoms. The van der Waals surface area contributed by atoms with E-state index in [1.807, 2.05) is 18.2 Å². The molecule has 0 aliphatic rings. The molecule has 0 saturated carbocycles. The van der Waals surface area contributed by atoms with E-state index in [0.717, 1.165) is 32.1 Å². The molecule has 0 radical (unpaired) electrons. The molecule has 0 heterocycles. The molecule has 0 rings (SSSR count). The van der Waals surface area contributed by atoms with Crippen LogP contribution in [0.25, 0.3) is 0 Å². The van der Waals surface area contributed by atoms with Gasteiger partial charge >= 0.3 is 19.8 Å². The van der Waals surface area contributed by atoms with Crippen LogP contribution in [-0.2, 0) is 32.7 Å². The van der Waals surface area contributed by atoms with Crippen LogP contribution in [0, 0.1) is 0 Å². The minimum Gasteiger partial charge on any atom is -0.462 e. The van der Waals surface area contributed by atoms with Crippen molar-refractivity contribution in [2.24, 2.45) is 5.73 Å². The third-order valence-electron chi connectivity index (χ3n) is 9.46. The highest BCUT2D eigenvalue weighted by atomic mass is 31.2. The molecule has 0 aromatic heterocycles. The number of phosphoric ester groups is 1. The van der Waals surface area contributed by atoms with Crippen LogP contribution in [0.2, 0.25) is 0 Å². The van der Waals surface area contributed by atoms with E-state index in [4.69, 9.17) is 24.3 Å². The zero-order valence-corrected chi connectivity index (χ0v) is 37.5. The van der Waals surface area contributed by atoms with Crippen molar-refractivity contribution in [2.45, 2.75) is 199 Å². The first-order valence-corrected chi connectivity index (χ1v) is 24.4. The van der Waals surface area contributed by atoms with Gasteiger partial charge in [0.05, 0.1) is 19.3 Å². The molecule has 4 N–H and O–H groups in total. The first-order chi connectivity index (χ1) is 28.2. The number of aliphatic hydroxyl groups excluding tert-OH is 1. The van der Waals surface area contributed by atoms with Crippen molar-refractivity contribution in [3.63, 3.8) is 0 Å². The van der Waals surface area contributed by atoms with Gasteiger partial charge in [-0.3, -0.25) is 18.6 Å². The van der Waals surface area contributed by atoms with Gasteiger partial charge in [-0.15, -0.1) is 0 Å². The molecule has 0 saturated heterocycles. The summed E-state index contributed by atoms with van der Waals surface area (Å²) in [7, 11) is -4.42. The summed E-state index contributed by atoms with van der Waals surface area (Å²) in [6, 6.07) is 0. The molecule has 2 unspecified atom stereocenters. The minimum atomic E-state index is -4.42. The number of esters is 2. The molecule has 0 aromatic rings. The first kappa shape index (κ1) is 55.7. The fourth-order valence-corrected chi connectivity index (χ4v) is 6.76. The number of ether oxygens (including phenoxy) is 2. The molecule has 0 bridgehead atoms. The van der Waals surface area contributed by atoms with E-state index in [2.05, 4.69) is 44.2 Å². The molecule has 10 nitrogen and oxygen atoms in total. The number of carbonyl (C=O) groups is 2. The van der Waals surface area contributed by atoms with Crippen LogP contribution in [0.3, 0.4) is 0 Å². The molecular weight excluding hydrogens is 753 g/mol. The average molecular weight is 838 g/mol. The molecule has 58 heavy (non-hydrogen) atoms. The fraction of sp³-hybridized carbons (Fsp3) is 0.745. The number of nitrogens with two attached hydrogens (primary N) is 1. The fourth-order valence-electron chi connectivity index (χ4n) is 6.00. The summed E-state index contributed by atoms with van der Waals surface area (Å²) in [5.41, 5.74) is 5.34. The van der Waals surface area contributed by atoms with Gasteiger partial charge < -0.3 is 25.2 Å². The van der Waals surface area contributed by atoms with Crippen LogP contribution < -0.4 is 5.73 Å². The SMILES string of the molecule is CCCCC/C=C\C/C=C\CC(O)/C=C\C=C\CCCC(=O)O[C@H](COC(=O)CCCCCCCCCCC/C=C\CCCCCCCC)COP(=O)(O)OCCN. The molecule has 0 amide bonds. The summed E-state index contributed by atoms with van der Waals surface area (Å²) in [5.74, 6) is -0.962. The third-order valence-corrected chi connectivity index (χ3v) is 10.4. The Balaban J connectivity index is 4.29. The highest BCUT2D eigenvalue weighted by molar-refractivity contribution is 7.47. The minimum absolute atomic E-state index is 0.0287. The van der Waals surface area contributed by atoms with E-state index in [1.54, 1.807) is 12.2 Å². The Morgan fingerprint density at radius 3 is 1.76 bits per heavy atom. The van der Waals surface area contributed by atoms with Crippen molar-refractivity contribution < 1.29 is 42.7 Å². The highest BCUT2D eigenvalue weighted by Crippen LogP contribution is 2.43. The first-order valence-electron chi connectivity index (χ1n) is 22.9. The average Bonchev–Trinajstić information content (AvgIpc) is 3.21. The Labute approximate surface area is 353 Å². The number of rotatable bonds is 42. The molecule has 0 aromatic carbocycles. The number of hydrogen-bond acceptors (Lipinski definition) is 9. The van der Waals surface area contributed by atoms with E-state index in [-0.39, 0.29) is 32.6 Å².